The minimum Gasteiger partial charge on any atom is -0.443 e. The summed E-state index contributed by atoms with van der Waals surface area (Å²) in [5.74, 6) is 1.06. The molecule has 0 radical (unpaired) electrons. The number of nitrogens with zero attached hydrogens (tertiary/aromatic N) is 4. The van der Waals surface area contributed by atoms with Gasteiger partial charge in [-0.2, -0.15) is 5.10 Å². The van der Waals surface area contributed by atoms with E-state index in [1.807, 2.05) is 66.8 Å². The van der Waals surface area contributed by atoms with Crippen LogP contribution in [0.3, 0.4) is 0 Å². The molecule has 1 aliphatic rings. The maximum atomic E-state index is 13.9. The van der Waals surface area contributed by atoms with Gasteiger partial charge in [0, 0.05) is 18.7 Å². The van der Waals surface area contributed by atoms with Crippen molar-refractivity contribution in [3.05, 3.63) is 65.7 Å². The van der Waals surface area contributed by atoms with Crippen LogP contribution in [0.15, 0.2) is 43.2 Å². The molecule has 1 atom stereocenters. The van der Waals surface area contributed by atoms with E-state index in [1.54, 1.807) is 16.8 Å². The van der Waals surface area contributed by atoms with Crippen LogP contribution in [0, 0.1) is 24.1 Å². The zero-order chi connectivity index (χ0) is 25.4. The average Bonchev–Trinajstić information content (AvgIpc) is 3.50. The van der Waals surface area contributed by atoms with Gasteiger partial charge in [0.1, 0.15) is 17.4 Å². The molecule has 184 valence electrons. The van der Waals surface area contributed by atoms with E-state index in [2.05, 4.69) is 16.6 Å². The van der Waals surface area contributed by atoms with Crippen LogP contribution in [0.5, 0.6) is 0 Å². The Morgan fingerprint density at radius 3 is 2.59 bits per heavy atom. The van der Waals surface area contributed by atoms with Gasteiger partial charge in [-0.05, 0) is 49.1 Å². The minimum atomic E-state index is -0.218. The summed E-state index contributed by atoms with van der Waals surface area (Å²) in [6.45, 7) is 18.6. The molecule has 34 heavy (non-hydrogen) atoms. The summed E-state index contributed by atoms with van der Waals surface area (Å²) in [6, 6.07) is 6.97. The van der Waals surface area contributed by atoms with Gasteiger partial charge in [-0.1, -0.05) is 54.2 Å². The van der Waals surface area contributed by atoms with Gasteiger partial charge in [-0.15, -0.1) is 0 Å². The highest BCUT2D eigenvalue weighted by Gasteiger charge is 2.29. The molecule has 0 spiro atoms. The third-order valence-corrected chi connectivity index (χ3v) is 5.56. The second kappa shape index (κ2) is 12.3. The van der Waals surface area contributed by atoms with Gasteiger partial charge in [0.25, 0.3) is 0 Å². The van der Waals surface area contributed by atoms with Crippen molar-refractivity contribution in [3.8, 4) is 0 Å². The molecule has 0 amide bonds. The molecule has 2 aromatic heterocycles. The number of rotatable bonds is 5. The number of hydrogen-bond acceptors (Lipinski definition) is 5. The molecule has 1 aliphatic heterocycles. The molecule has 0 aliphatic carbocycles. The lowest BCUT2D eigenvalue weighted by Gasteiger charge is -2.27. The molecule has 1 fully saturated rings. The van der Waals surface area contributed by atoms with Crippen LogP contribution in [0.1, 0.15) is 77.1 Å². The zero-order valence-corrected chi connectivity index (χ0v) is 21.5. The Bertz CT molecular complexity index is 1120. The molecular formula is C27H38FN5O. The van der Waals surface area contributed by atoms with Crippen molar-refractivity contribution in [2.24, 2.45) is 5.92 Å². The van der Waals surface area contributed by atoms with E-state index in [1.165, 1.54) is 6.07 Å². The molecule has 0 saturated carbocycles. The smallest absolute Gasteiger partial charge is 0.189 e. The van der Waals surface area contributed by atoms with E-state index >= 15 is 0 Å². The Balaban J connectivity index is 0.000000970. The van der Waals surface area contributed by atoms with Crippen LogP contribution in [0.2, 0.25) is 0 Å². The molecule has 6 nitrogen and oxygen atoms in total. The predicted molar refractivity (Wildman–Crippen MR) is 139 cm³/mol. The standard InChI is InChI=1S/C23H26FN5O.2C2H6/c1-14(2)22(25)30-16(4)19-13-26-29-11-9-21(27-23(19)29)28-10-5-6-20(28)18-12-17(24)8-7-15(18)3;2*1-2/h7-9,11-14,20,25H,4-6,10H2,1-3H3;2*1-2H3. The van der Waals surface area contributed by atoms with Crippen molar-refractivity contribution >= 4 is 23.1 Å². The third kappa shape index (κ3) is 5.82. The fourth-order valence-corrected chi connectivity index (χ4v) is 3.86. The quantitative estimate of drug-likeness (QED) is 0.245. The molecule has 0 bridgehead atoms. The van der Waals surface area contributed by atoms with Crippen molar-refractivity contribution in [2.75, 3.05) is 11.4 Å². The van der Waals surface area contributed by atoms with E-state index in [0.29, 0.717) is 17.0 Å². The number of halogens is 1. The normalized spacial score (nSPS) is 14.9. The Morgan fingerprint density at radius 2 is 1.91 bits per heavy atom. The van der Waals surface area contributed by atoms with Gasteiger partial charge in [-0.25, -0.2) is 13.9 Å². The van der Waals surface area contributed by atoms with Crippen molar-refractivity contribution in [1.82, 2.24) is 14.6 Å². The molecule has 3 aromatic rings. The van der Waals surface area contributed by atoms with Crippen LogP contribution < -0.4 is 4.90 Å². The van der Waals surface area contributed by atoms with Crippen LogP contribution >= 0.6 is 0 Å². The predicted octanol–water partition coefficient (Wildman–Crippen LogP) is 7.19. The number of hydrogen-bond donors (Lipinski definition) is 1. The first-order valence-corrected chi connectivity index (χ1v) is 12.2. The summed E-state index contributed by atoms with van der Waals surface area (Å²) >= 11 is 0. The van der Waals surface area contributed by atoms with Crippen molar-refractivity contribution in [2.45, 2.75) is 67.3 Å². The Morgan fingerprint density at radius 1 is 1.21 bits per heavy atom. The number of benzene rings is 1. The van der Waals surface area contributed by atoms with E-state index in [0.717, 1.165) is 36.3 Å². The Kier molecular flexibility index (Phi) is 9.78. The minimum absolute atomic E-state index is 0.0352. The number of fused-ring (bicyclic) bond motifs is 1. The lowest BCUT2D eigenvalue weighted by atomic mass is 9.99. The summed E-state index contributed by atoms with van der Waals surface area (Å²) in [4.78, 5) is 7.06. The molecule has 1 aromatic carbocycles. The number of nitrogens with one attached hydrogen (secondary N) is 1. The maximum absolute atomic E-state index is 13.9. The second-order valence-corrected chi connectivity index (χ2v) is 8.01. The van der Waals surface area contributed by atoms with Crippen molar-refractivity contribution < 1.29 is 9.13 Å². The largest absolute Gasteiger partial charge is 0.443 e. The summed E-state index contributed by atoms with van der Waals surface area (Å²) in [6.07, 6.45) is 5.47. The highest BCUT2D eigenvalue weighted by molar-refractivity contribution is 5.83. The second-order valence-electron chi connectivity index (χ2n) is 8.01. The SMILES string of the molecule is C=C(OC(=N)C(C)C)c1cnn2ccc(N3CCCC3c3cc(F)ccc3C)nc12.CC.CC. The third-order valence-electron chi connectivity index (χ3n) is 5.56. The number of aromatic nitrogens is 3. The van der Waals surface area contributed by atoms with E-state index < -0.39 is 0 Å². The van der Waals surface area contributed by atoms with Crippen LogP contribution in [0.4, 0.5) is 10.2 Å². The van der Waals surface area contributed by atoms with Gasteiger partial charge in [0.15, 0.2) is 11.5 Å². The highest BCUT2D eigenvalue weighted by Crippen LogP contribution is 2.37. The van der Waals surface area contributed by atoms with Gasteiger partial charge in [0.2, 0.25) is 0 Å². The van der Waals surface area contributed by atoms with Gasteiger partial charge in [-0.3, -0.25) is 5.41 Å². The van der Waals surface area contributed by atoms with Crippen LogP contribution in [-0.2, 0) is 4.74 Å². The van der Waals surface area contributed by atoms with E-state index in [4.69, 9.17) is 15.1 Å². The monoisotopic (exact) mass is 467 g/mol. The van der Waals surface area contributed by atoms with Gasteiger partial charge < -0.3 is 9.64 Å². The first kappa shape index (κ1) is 27.0. The summed E-state index contributed by atoms with van der Waals surface area (Å²) < 4.78 is 21.2. The Labute approximate surface area is 203 Å². The summed E-state index contributed by atoms with van der Waals surface area (Å²) in [5, 5.41) is 12.3. The zero-order valence-electron chi connectivity index (χ0n) is 21.5. The number of aryl methyl sites for hydroxylation is 1. The first-order valence-electron chi connectivity index (χ1n) is 12.2. The van der Waals surface area contributed by atoms with Crippen LogP contribution in [0.25, 0.3) is 11.4 Å². The summed E-state index contributed by atoms with van der Waals surface area (Å²) in [5.41, 5.74) is 3.35. The molecule has 1 N–H and O–H groups in total. The number of anilines is 1. The highest BCUT2D eigenvalue weighted by atomic mass is 19.1. The van der Waals surface area contributed by atoms with E-state index in [-0.39, 0.29) is 23.7 Å². The van der Waals surface area contributed by atoms with Crippen molar-refractivity contribution in [1.29, 1.82) is 5.41 Å². The van der Waals surface area contributed by atoms with Gasteiger partial charge in [0.05, 0.1) is 17.8 Å². The fraction of sp³-hybridized carbons (Fsp3) is 0.444. The van der Waals surface area contributed by atoms with Crippen LogP contribution in [-0.4, -0.2) is 27.0 Å². The molecular weight excluding hydrogens is 429 g/mol. The summed E-state index contributed by atoms with van der Waals surface area (Å²) in [7, 11) is 0. The lowest BCUT2D eigenvalue weighted by Crippen LogP contribution is -2.24. The molecule has 7 heteroatoms. The van der Waals surface area contributed by atoms with Gasteiger partial charge >= 0.3 is 0 Å². The first-order chi connectivity index (χ1) is 16.3. The Hall–Kier alpha value is -3.22. The maximum Gasteiger partial charge on any atom is 0.189 e. The molecule has 1 saturated heterocycles. The topological polar surface area (TPSA) is 66.5 Å². The molecule has 3 heterocycles. The van der Waals surface area contributed by atoms with Crippen molar-refractivity contribution in [3.63, 3.8) is 0 Å². The van der Waals surface area contributed by atoms with E-state index in [9.17, 15) is 4.39 Å². The molecule has 4 rings (SSSR count). The average molecular weight is 468 g/mol. The fourth-order valence-electron chi connectivity index (χ4n) is 3.86. The number of ether oxygens (including phenoxy) is 1. The lowest BCUT2D eigenvalue weighted by molar-refractivity contribution is 0.464. The molecule has 1 unspecified atom stereocenters.